The maximum Gasteiger partial charge on any atom is 0.206 e. The number of rotatable bonds is 5. The quantitative estimate of drug-likeness (QED) is 0.574. The summed E-state index contributed by atoms with van der Waals surface area (Å²) in [5.41, 5.74) is 1.63. The maximum absolute atomic E-state index is 12.8. The summed E-state index contributed by atoms with van der Waals surface area (Å²) in [6.07, 6.45) is 7.62. The third-order valence-corrected chi connectivity index (χ3v) is 8.94. The van der Waals surface area contributed by atoms with Crippen molar-refractivity contribution < 1.29 is 16.8 Å². The molecular weight excluding hydrogens is 416 g/mol. The number of hydrogen-bond acceptors (Lipinski definition) is 4. The lowest BCUT2D eigenvalue weighted by Gasteiger charge is -2.14. The minimum atomic E-state index is -3.57. The first-order valence-corrected chi connectivity index (χ1v) is 12.5. The van der Waals surface area contributed by atoms with Crippen LogP contribution in [0.1, 0.15) is 6.42 Å². The molecule has 0 aliphatic heterocycles. The molecule has 0 saturated heterocycles. The van der Waals surface area contributed by atoms with Gasteiger partial charge < -0.3 is 0 Å². The molecular formula is C24H20O4S2. The second-order valence-electron chi connectivity index (χ2n) is 7.00. The molecule has 4 nitrogen and oxygen atoms in total. The molecule has 0 spiro atoms. The van der Waals surface area contributed by atoms with Crippen molar-refractivity contribution in [1.82, 2.24) is 0 Å². The van der Waals surface area contributed by atoms with E-state index in [1.807, 2.05) is 12.2 Å². The summed E-state index contributed by atoms with van der Waals surface area (Å²) in [4.78, 5) is 0.743. The molecule has 0 heterocycles. The molecule has 0 amide bonds. The molecule has 0 fully saturated rings. The van der Waals surface area contributed by atoms with Crippen LogP contribution in [-0.4, -0.2) is 22.1 Å². The summed E-state index contributed by atoms with van der Waals surface area (Å²) in [6, 6.07) is 21.6. The Kier molecular flexibility index (Phi) is 5.45. The predicted octanol–water partition coefficient (Wildman–Crippen LogP) is 4.84. The van der Waals surface area contributed by atoms with Gasteiger partial charge in [-0.2, -0.15) is 0 Å². The Bertz CT molecular complexity index is 1300. The lowest BCUT2D eigenvalue weighted by atomic mass is 10.1. The van der Waals surface area contributed by atoms with Gasteiger partial charge in [-0.25, -0.2) is 16.8 Å². The van der Waals surface area contributed by atoms with E-state index >= 15 is 0 Å². The third-order valence-electron chi connectivity index (χ3n) is 5.07. The summed E-state index contributed by atoms with van der Waals surface area (Å²) >= 11 is 0. The Morgan fingerprint density at radius 3 is 1.67 bits per heavy atom. The highest BCUT2D eigenvalue weighted by Crippen LogP contribution is 2.28. The van der Waals surface area contributed by atoms with E-state index in [0.717, 1.165) is 11.1 Å². The lowest BCUT2D eigenvalue weighted by molar-refractivity contribution is 0.588. The molecule has 0 aromatic heterocycles. The van der Waals surface area contributed by atoms with Gasteiger partial charge in [0.25, 0.3) is 0 Å². The van der Waals surface area contributed by atoms with Crippen molar-refractivity contribution >= 4 is 19.7 Å². The first kappa shape index (κ1) is 20.3. The standard InChI is InChI=1S/C24H20O4S2/c25-29(26,21-7-3-1-4-8-21)23-15-11-19(12-16-23)20-13-17-24(18-14-20)30(27,28)22-9-5-2-6-10-22/h1-9,11-18,22H,10H2. The summed E-state index contributed by atoms with van der Waals surface area (Å²) in [7, 11) is -7.00. The van der Waals surface area contributed by atoms with Crippen molar-refractivity contribution in [1.29, 1.82) is 0 Å². The van der Waals surface area contributed by atoms with Crippen molar-refractivity contribution in [3.05, 3.63) is 103 Å². The van der Waals surface area contributed by atoms with Crippen molar-refractivity contribution in [3.63, 3.8) is 0 Å². The molecule has 1 aliphatic carbocycles. The van der Waals surface area contributed by atoms with E-state index in [0.29, 0.717) is 6.42 Å². The minimum Gasteiger partial charge on any atom is -0.223 e. The maximum atomic E-state index is 12.8. The molecule has 1 atom stereocenters. The largest absolute Gasteiger partial charge is 0.223 e. The molecule has 3 aromatic carbocycles. The van der Waals surface area contributed by atoms with E-state index in [4.69, 9.17) is 0 Å². The van der Waals surface area contributed by atoms with Crippen molar-refractivity contribution in [2.24, 2.45) is 0 Å². The first-order valence-electron chi connectivity index (χ1n) is 9.47. The number of sulfone groups is 2. The van der Waals surface area contributed by atoms with E-state index in [9.17, 15) is 16.8 Å². The van der Waals surface area contributed by atoms with Gasteiger partial charge in [-0.15, -0.1) is 0 Å². The van der Waals surface area contributed by atoms with E-state index in [1.54, 1.807) is 91.0 Å². The molecule has 0 bridgehead atoms. The van der Waals surface area contributed by atoms with Gasteiger partial charge in [-0.05, 0) is 53.9 Å². The van der Waals surface area contributed by atoms with Gasteiger partial charge in [0.05, 0.1) is 19.9 Å². The number of hydrogen-bond donors (Lipinski definition) is 0. The summed E-state index contributed by atoms with van der Waals surface area (Å²) in [5.74, 6) is 0. The van der Waals surface area contributed by atoms with Crippen LogP contribution in [0.2, 0.25) is 0 Å². The van der Waals surface area contributed by atoms with Crippen molar-refractivity contribution in [3.8, 4) is 11.1 Å². The van der Waals surface area contributed by atoms with Crippen LogP contribution < -0.4 is 0 Å². The van der Waals surface area contributed by atoms with Crippen LogP contribution >= 0.6 is 0 Å². The lowest BCUT2D eigenvalue weighted by Crippen LogP contribution is -2.19. The zero-order valence-corrected chi connectivity index (χ0v) is 17.7. The minimum absolute atomic E-state index is 0.216. The molecule has 0 N–H and O–H groups in total. The van der Waals surface area contributed by atoms with Gasteiger partial charge in [0, 0.05) is 0 Å². The normalized spacial score (nSPS) is 16.5. The van der Waals surface area contributed by atoms with Crippen molar-refractivity contribution in [2.45, 2.75) is 26.4 Å². The molecule has 0 radical (unpaired) electrons. The molecule has 30 heavy (non-hydrogen) atoms. The van der Waals surface area contributed by atoms with Gasteiger partial charge >= 0.3 is 0 Å². The monoisotopic (exact) mass is 436 g/mol. The van der Waals surface area contributed by atoms with Gasteiger partial charge in [-0.1, -0.05) is 66.8 Å². The summed E-state index contributed by atoms with van der Waals surface area (Å²) in [5, 5.41) is -0.546. The van der Waals surface area contributed by atoms with Gasteiger partial charge in [-0.3, -0.25) is 0 Å². The molecule has 3 aromatic rings. The van der Waals surface area contributed by atoms with E-state index in [2.05, 4.69) is 0 Å². The highest BCUT2D eigenvalue weighted by molar-refractivity contribution is 7.92. The fraction of sp³-hybridized carbons (Fsp3) is 0.0833. The summed E-state index contributed by atoms with van der Waals surface area (Å²) < 4.78 is 51.0. The Labute approximate surface area is 177 Å². The molecule has 6 heteroatoms. The topological polar surface area (TPSA) is 68.3 Å². The third kappa shape index (κ3) is 3.88. The Hall–Kier alpha value is -2.96. The van der Waals surface area contributed by atoms with E-state index < -0.39 is 24.9 Å². The number of benzene rings is 3. The van der Waals surface area contributed by atoms with Crippen LogP contribution in [0.15, 0.2) is 118 Å². The fourth-order valence-corrected chi connectivity index (χ4v) is 6.17. The van der Waals surface area contributed by atoms with Crippen LogP contribution in [-0.2, 0) is 19.7 Å². The van der Waals surface area contributed by atoms with Crippen LogP contribution in [0.5, 0.6) is 0 Å². The number of allylic oxidation sites excluding steroid dienone is 3. The van der Waals surface area contributed by atoms with Crippen LogP contribution in [0, 0.1) is 0 Å². The first-order chi connectivity index (χ1) is 14.4. The van der Waals surface area contributed by atoms with Gasteiger partial charge in [0.15, 0.2) is 9.84 Å². The van der Waals surface area contributed by atoms with Crippen LogP contribution in [0.4, 0.5) is 0 Å². The van der Waals surface area contributed by atoms with Gasteiger partial charge in [0.1, 0.15) is 0 Å². The van der Waals surface area contributed by atoms with Crippen LogP contribution in [0.25, 0.3) is 11.1 Å². The second kappa shape index (κ2) is 8.05. The highest BCUT2D eigenvalue weighted by Gasteiger charge is 2.25. The highest BCUT2D eigenvalue weighted by atomic mass is 32.2. The average Bonchev–Trinajstić information content (AvgIpc) is 2.80. The Balaban J connectivity index is 1.58. The molecule has 152 valence electrons. The van der Waals surface area contributed by atoms with E-state index in [-0.39, 0.29) is 14.7 Å². The molecule has 1 unspecified atom stereocenters. The van der Waals surface area contributed by atoms with Crippen molar-refractivity contribution in [2.75, 3.05) is 0 Å². The van der Waals surface area contributed by atoms with Gasteiger partial charge in [0.2, 0.25) is 9.84 Å². The molecule has 0 saturated carbocycles. The van der Waals surface area contributed by atoms with E-state index in [1.165, 1.54) is 0 Å². The summed E-state index contributed by atoms with van der Waals surface area (Å²) in [6.45, 7) is 0. The fourth-order valence-electron chi connectivity index (χ4n) is 3.36. The molecule has 1 aliphatic rings. The molecule has 4 rings (SSSR count). The predicted molar refractivity (Wildman–Crippen MR) is 118 cm³/mol. The second-order valence-corrected chi connectivity index (χ2v) is 11.1. The Morgan fingerprint density at radius 2 is 1.13 bits per heavy atom. The smallest absolute Gasteiger partial charge is 0.206 e. The zero-order chi connectivity index (χ0) is 21.2. The average molecular weight is 437 g/mol. The SMILES string of the molecule is O=S(=O)(c1ccccc1)c1ccc(-c2ccc(S(=O)(=O)C3C=CC=CC3)cc2)cc1. The zero-order valence-electron chi connectivity index (χ0n) is 16.0. The van der Waals surface area contributed by atoms with Crippen LogP contribution in [0.3, 0.4) is 0 Å². The Morgan fingerprint density at radius 1 is 0.600 bits per heavy atom.